The molecule has 0 amide bonds. The van der Waals surface area contributed by atoms with Gasteiger partial charge in [0.05, 0.1) is 23.9 Å². The van der Waals surface area contributed by atoms with Crippen molar-refractivity contribution in [1.82, 2.24) is 4.98 Å². The van der Waals surface area contributed by atoms with Crippen LogP contribution in [0.2, 0.25) is 0 Å². The minimum atomic E-state index is -0.995. The van der Waals surface area contributed by atoms with Gasteiger partial charge in [-0.2, -0.15) is 0 Å². The second-order valence-electron chi connectivity index (χ2n) is 6.35. The Morgan fingerprint density at radius 3 is 2.27 bits per heavy atom. The molecule has 26 heavy (non-hydrogen) atoms. The molecular weight excluding hydrogens is 334 g/mol. The number of ether oxygens (including phenoxy) is 2. The van der Waals surface area contributed by atoms with E-state index >= 15 is 0 Å². The third kappa shape index (κ3) is 3.69. The molecule has 0 spiro atoms. The van der Waals surface area contributed by atoms with E-state index in [1.807, 2.05) is 26.0 Å². The smallest absolute Gasteiger partial charge is 0.339 e. The van der Waals surface area contributed by atoms with E-state index < -0.39 is 23.8 Å². The molecule has 1 aromatic carbocycles. The zero-order chi connectivity index (χ0) is 19.6. The summed E-state index contributed by atoms with van der Waals surface area (Å²) >= 11 is 0. The molecule has 0 aliphatic rings. The Labute approximate surface area is 152 Å². The number of benzene rings is 1. The largest absolute Gasteiger partial charge is 0.465 e. The van der Waals surface area contributed by atoms with Gasteiger partial charge in [0.1, 0.15) is 0 Å². The third-order valence-corrected chi connectivity index (χ3v) is 4.33. The van der Waals surface area contributed by atoms with Gasteiger partial charge in [0, 0.05) is 5.69 Å². The number of carbonyl (C=O) groups is 3. The number of Topliss-reactive ketones (excluding diaryl/α,β-unsaturated/α-hetero) is 1. The van der Waals surface area contributed by atoms with Gasteiger partial charge in [-0.3, -0.25) is 4.79 Å². The fourth-order valence-electron chi connectivity index (χ4n) is 2.93. The van der Waals surface area contributed by atoms with E-state index in [1.165, 1.54) is 14.0 Å². The minimum Gasteiger partial charge on any atom is -0.465 e. The Bertz CT molecular complexity index is 879. The quantitative estimate of drug-likeness (QED) is 0.654. The number of hydrogen-bond acceptors (Lipinski definition) is 5. The maximum absolute atomic E-state index is 12.7. The SMILES string of the molecule is COC(=O)c1c(C)[nH]c(C(=O)[C@H](C)OC(=O)c2ccc(C)cc2C)c1C. The maximum Gasteiger partial charge on any atom is 0.339 e. The van der Waals surface area contributed by atoms with E-state index in [9.17, 15) is 14.4 Å². The summed E-state index contributed by atoms with van der Waals surface area (Å²) in [4.78, 5) is 39.8. The second kappa shape index (κ2) is 7.56. The number of methoxy groups -OCH3 is 1. The molecule has 1 heterocycles. The topological polar surface area (TPSA) is 85.5 Å². The van der Waals surface area contributed by atoms with Crippen molar-refractivity contribution in [2.24, 2.45) is 0 Å². The first kappa shape index (κ1) is 19.4. The lowest BCUT2D eigenvalue weighted by Crippen LogP contribution is -2.25. The zero-order valence-electron chi connectivity index (χ0n) is 15.9. The Morgan fingerprint density at radius 1 is 1.04 bits per heavy atom. The number of aromatic nitrogens is 1. The number of carbonyl (C=O) groups excluding carboxylic acids is 3. The summed E-state index contributed by atoms with van der Waals surface area (Å²) in [6.07, 6.45) is -0.995. The van der Waals surface area contributed by atoms with Crippen LogP contribution < -0.4 is 0 Å². The van der Waals surface area contributed by atoms with Crippen molar-refractivity contribution < 1.29 is 23.9 Å². The van der Waals surface area contributed by atoms with Crippen molar-refractivity contribution in [3.05, 3.63) is 57.4 Å². The predicted molar refractivity (Wildman–Crippen MR) is 96.7 cm³/mol. The van der Waals surface area contributed by atoms with Gasteiger partial charge in [-0.05, 0) is 51.8 Å². The Balaban J connectivity index is 2.22. The number of ketones is 1. The van der Waals surface area contributed by atoms with Crippen LogP contribution in [0.1, 0.15) is 60.5 Å². The number of esters is 2. The standard InChI is InChI=1S/C20H23NO5/c1-10-7-8-15(11(2)9-10)19(23)26-14(5)18(22)17-12(3)16(13(4)21-17)20(24)25-6/h7-9,14,21H,1-6H3/t14-/m0/s1. The number of nitrogens with one attached hydrogen (secondary N) is 1. The molecule has 1 atom stereocenters. The molecule has 0 unspecified atom stereocenters. The molecule has 0 aliphatic carbocycles. The molecular formula is C20H23NO5. The van der Waals surface area contributed by atoms with Gasteiger partial charge in [-0.15, -0.1) is 0 Å². The van der Waals surface area contributed by atoms with Crippen LogP contribution in [-0.4, -0.2) is 35.9 Å². The lowest BCUT2D eigenvalue weighted by atomic mass is 10.0. The molecule has 0 saturated heterocycles. The van der Waals surface area contributed by atoms with Gasteiger partial charge in [-0.1, -0.05) is 17.7 Å². The van der Waals surface area contributed by atoms with Crippen molar-refractivity contribution in [3.8, 4) is 0 Å². The average Bonchev–Trinajstić information content (AvgIpc) is 2.87. The van der Waals surface area contributed by atoms with Gasteiger partial charge in [-0.25, -0.2) is 9.59 Å². The van der Waals surface area contributed by atoms with Crippen LogP contribution in [0.15, 0.2) is 18.2 Å². The van der Waals surface area contributed by atoms with Crippen LogP contribution in [0.4, 0.5) is 0 Å². The summed E-state index contributed by atoms with van der Waals surface area (Å²) in [5.41, 5.74) is 3.82. The van der Waals surface area contributed by atoms with Crippen LogP contribution >= 0.6 is 0 Å². The summed E-state index contributed by atoms with van der Waals surface area (Å²) in [6, 6.07) is 5.38. The molecule has 0 radical (unpaired) electrons. The predicted octanol–water partition coefficient (Wildman–Crippen LogP) is 3.46. The van der Waals surface area contributed by atoms with Crippen LogP contribution in [0.3, 0.4) is 0 Å². The lowest BCUT2D eigenvalue weighted by molar-refractivity contribution is 0.0316. The average molecular weight is 357 g/mol. The first-order valence-corrected chi connectivity index (χ1v) is 8.27. The highest BCUT2D eigenvalue weighted by atomic mass is 16.5. The fraction of sp³-hybridized carbons (Fsp3) is 0.350. The van der Waals surface area contributed by atoms with Crippen molar-refractivity contribution in [1.29, 1.82) is 0 Å². The highest BCUT2D eigenvalue weighted by molar-refractivity contribution is 6.04. The highest BCUT2D eigenvalue weighted by Crippen LogP contribution is 2.21. The third-order valence-electron chi connectivity index (χ3n) is 4.33. The second-order valence-corrected chi connectivity index (χ2v) is 6.35. The highest BCUT2D eigenvalue weighted by Gasteiger charge is 2.27. The molecule has 1 aromatic heterocycles. The molecule has 0 bridgehead atoms. The lowest BCUT2D eigenvalue weighted by Gasteiger charge is -2.13. The number of aryl methyl sites for hydroxylation is 3. The molecule has 6 nitrogen and oxygen atoms in total. The van der Waals surface area contributed by atoms with Crippen LogP contribution in [-0.2, 0) is 9.47 Å². The van der Waals surface area contributed by atoms with Gasteiger partial charge < -0.3 is 14.5 Å². The van der Waals surface area contributed by atoms with Gasteiger partial charge in [0.2, 0.25) is 5.78 Å². The molecule has 2 rings (SSSR count). The zero-order valence-corrected chi connectivity index (χ0v) is 15.9. The summed E-state index contributed by atoms with van der Waals surface area (Å²) in [6.45, 7) is 8.60. The first-order chi connectivity index (χ1) is 12.2. The minimum absolute atomic E-state index is 0.240. The van der Waals surface area contributed by atoms with E-state index in [-0.39, 0.29) is 5.69 Å². The Hall–Kier alpha value is -2.89. The Kier molecular flexibility index (Phi) is 5.65. The molecule has 6 heteroatoms. The van der Waals surface area contributed by atoms with Gasteiger partial charge >= 0.3 is 11.9 Å². The summed E-state index contributed by atoms with van der Waals surface area (Å²) in [7, 11) is 1.28. The van der Waals surface area contributed by atoms with E-state index in [1.54, 1.807) is 19.9 Å². The van der Waals surface area contributed by atoms with E-state index in [0.717, 1.165) is 11.1 Å². The molecule has 2 aromatic rings. The molecule has 1 N–H and O–H groups in total. The van der Waals surface area contributed by atoms with E-state index in [2.05, 4.69) is 4.98 Å². The Morgan fingerprint density at radius 2 is 1.69 bits per heavy atom. The van der Waals surface area contributed by atoms with Crippen molar-refractivity contribution >= 4 is 17.7 Å². The van der Waals surface area contributed by atoms with Crippen LogP contribution in [0.5, 0.6) is 0 Å². The number of hydrogen-bond donors (Lipinski definition) is 1. The molecule has 0 fully saturated rings. The van der Waals surface area contributed by atoms with Crippen molar-refractivity contribution in [2.75, 3.05) is 7.11 Å². The number of rotatable bonds is 5. The molecule has 0 aliphatic heterocycles. The monoisotopic (exact) mass is 357 g/mol. The maximum atomic E-state index is 12.7. The van der Waals surface area contributed by atoms with Crippen LogP contribution in [0, 0.1) is 27.7 Å². The van der Waals surface area contributed by atoms with Crippen LogP contribution in [0.25, 0.3) is 0 Å². The van der Waals surface area contributed by atoms with Crippen molar-refractivity contribution in [2.45, 2.75) is 40.7 Å². The molecule has 0 saturated carbocycles. The summed E-state index contributed by atoms with van der Waals surface area (Å²) in [5.74, 6) is -1.48. The van der Waals surface area contributed by atoms with E-state index in [0.29, 0.717) is 22.4 Å². The van der Waals surface area contributed by atoms with Gasteiger partial charge in [0.25, 0.3) is 0 Å². The van der Waals surface area contributed by atoms with Crippen molar-refractivity contribution in [3.63, 3.8) is 0 Å². The fourth-order valence-corrected chi connectivity index (χ4v) is 2.93. The summed E-state index contributed by atoms with van der Waals surface area (Å²) < 4.78 is 10.1. The first-order valence-electron chi connectivity index (χ1n) is 8.27. The van der Waals surface area contributed by atoms with Gasteiger partial charge in [0.15, 0.2) is 6.10 Å². The number of H-pyrrole nitrogens is 1. The normalized spacial score (nSPS) is 11.8. The molecule has 138 valence electrons. The number of aromatic amines is 1. The van der Waals surface area contributed by atoms with E-state index in [4.69, 9.17) is 9.47 Å². The summed E-state index contributed by atoms with van der Waals surface area (Å²) in [5, 5.41) is 0.